The molecule has 0 amide bonds. The average Bonchev–Trinajstić information content (AvgIpc) is 2.72. The number of aryl methyl sites for hydroxylation is 2. The van der Waals surface area contributed by atoms with E-state index in [0.29, 0.717) is 0 Å². The van der Waals surface area contributed by atoms with Gasteiger partial charge in [0.05, 0.1) is 11.4 Å². The number of aliphatic imine (C=N–C) groups is 2. The molecule has 3 rings (SSSR count). The molecule has 0 spiro atoms. The number of benzene rings is 3. The van der Waals surface area contributed by atoms with Crippen molar-refractivity contribution >= 4 is 23.8 Å². The molecule has 3 aromatic carbocycles. The monoisotopic (exact) mass is 340 g/mol. The summed E-state index contributed by atoms with van der Waals surface area (Å²) >= 11 is 0. The van der Waals surface area contributed by atoms with Crippen LogP contribution in [0.3, 0.4) is 0 Å². The largest absolute Gasteiger partial charge is 0.256 e. The van der Waals surface area contributed by atoms with Crippen molar-refractivity contribution in [2.24, 2.45) is 9.98 Å². The maximum absolute atomic E-state index is 4.53. The molecular weight excluding hydrogens is 316 g/mol. The van der Waals surface area contributed by atoms with Crippen molar-refractivity contribution in [3.63, 3.8) is 0 Å². The lowest BCUT2D eigenvalue weighted by Gasteiger charge is -1.99. The van der Waals surface area contributed by atoms with Crippen LogP contribution in [0, 0.1) is 0 Å². The molecule has 0 aliphatic rings. The first kappa shape index (κ1) is 17.8. The molecule has 0 aromatic heterocycles. The first-order valence-electron chi connectivity index (χ1n) is 9.13. The third kappa shape index (κ3) is 5.00. The second-order valence-corrected chi connectivity index (χ2v) is 6.22. The Labute approximate surface area is 156 Å². The summed E-state index contributed by atoms with van der Waals surface area (Å²) in [7, 11) is 0. The SMILES string of the molecule is CCc1ccc(C=Nc2ccc(N=Cc3ccc(CC)cc3)cc2)cc1. The highest BCUT2D eigenvalue weighted by molar-refractivity contribution is 5.83. The van der Waals surface area contributed by atoms with Gasteiger partial charge in [-0.3, -0.25) is 9.98 Å². The van der Waals surface area contributed by atoms with Crippen LogP contribution >= 0.6 is 0 Å². The minimum absolute atomic E-state index is 0.927. The number of hydrogen-bond donors (Lipinski definition) is 0. The Morgan fingerprint density at radius 1 is 0.538 bits per heavy atom. The molecule has 2 nitrogen and oxygen atoms in total. The highest BCUT2D eigenvalue weighted by Gasteiger charge is 1.94. The maximum atomic E-state index is 4.53. The summed E-state index contributed by atoms with van der Waals surface area (Å²) in [6.45, 7) is 4.32. The standard InChI is InChI=1S/C24H24N2/c1-3-19-5-9-21(10-6-19)17-25-23-13-15-24(16-14-23)26-18-22-11-7-20(4-2)8-12-22/h5-18H,3-4H2,1-2H3. The molecule has 0 unspecified atom stereocenters. The lowest BCUT2D eigenvalue weighted by Crippen LogP contribution is -1.83. The van der Waals surface area contributed by atoms with Gasteiger partial charge < -0.3 is 0 Å². The van der Waals surface area contributed by atoms with Crippen molar-refractivity contribution in [1.29, 1.82) is 0 Å². The molecule has 0 aliphatic heterocycles. The van der Waals surface area contributed by atoms with Crippen molar-refractivity contribution in [2.75, 3.05) is 0 Å². The highest BCUT2D eigenvalue weighted by atomic mass is 14.7. The smallest absolute Gasteiger partial charge is 0.0631 e. The zero-order valence-electron chi connectivity index (χ0n) is 15.4. The minimum Gasteiger partial charge on any atom is -0.256 e. The van der Waals surface area contributed by atoms with Crippen LogP contribution < -0.4 is 0 Å². The predicted molar refractivity (Wildman–Crippen MR) is 113 cm³/mol. The molecule has 26 heavy (non-hydrogen) atoms. The molecular formula is C24H24N2. The molecule has 130 valence electrons. The van der Waals surface area contributed by atoms with Crippen LogP contribution in [0.5, 0.6) is 0 Å². The van der Waals surface area contributed by atoms with Gasteiger partial charge in [0.1, 0.15) is 0 Å². The summed E-state index contributed by atoms with van der Waals surface area (Å²) in [6.07, 6.45) is 5.91. The fraction of sp³-hybridized carbons (Fsp3) is 0.167. The van der Waals surface area contributed by atoms with Gasteiger partial charge in [-0.25, -0.2) is 0 Å². The van der Waals surface area contributed by atoms with Gasteiger partial charge in [-0.05, 0) is 59.4 Å². The number of nitrogens with zero attached hydrogens (tertiary/aromatic N) is 2. The van der Waals surface area contributed by atoms with Gasteiger partial charge in [-0.15, -0.1) is 0 Å². The van der Waals surface area contributed by atoms with Crippen LogP contribution in [0.4, 0.5) is 11.4 Å². The summed E-state index contributed by atoms with van der Waals surface area (Å²) < 4.78 is 0. The Kier molecular flexibility index (Phi) is 6.10. The number of hydrogen-bond acceptors (Lipinski definition) is 2. The summed E-state index contributed by atoms with van der Waals surface area (Å²) in [5.41, 5.74) is 6.76. The van der Waals surface area contributed by atoms with Crippen molar-refractivity contribution in [2.45, 2.75) is 26.7 Å². The van der Waals surface area contributed by atoms with Gasteiger partial charge in [0.15, 0.2) is 0 Å². The quantitative estimate of drug-likeness (QED) is 0.470. The normalized spacial score (nSPS) is 11.5. The van der Waals surface area contributed by atoms with E-state index in [2.05, 4.69) is 72.4 Å². The Balaban J connectivity index is 1.63. The summed E-state index contributed by atoms with van der Waals surface area (Å²) in [5.74, 6) is 0. The first-order chi connectivity index (χ1) is 12.8. The lowest BCUT2D eigenvalue weighted by molar-refractivity contribution is 1.14. The van der Waals surface area contributed by atoms with Gasteiger partial charge in [0.2, 0.25) is 0 Å². The molecule has 0 aliphatic carbocycles. The number of rotatable bonds is 6. The predicted octanol–water partition coefficient (Wildman–Crippen LogP) is 6.31. The third-order valence-electron chi connectivity index (χ3n) is 4.35. The molecule has 0 bridgehead atoms. The van der Waals surface area contributed by atoms with Crippen LogP contribution in [0.1, 0.15) is 36.1 Å². The van der Waals surface area contributed by atoms with Gasteiger partial charge in [-0.1, -0.05) is 62.4 Å². The molecule has 0 radical (unpaired) electrons. The van der Waals surface area contributed by atoms with Crippen molar-refractivity contribution < 1.29 is 0 Å². The van der Waals surface area contributed by atoms with Crippen molar-refractivity contribution in [3.05, 3.63) is 95.1 Å². The second kappa shape index (κ2) is 8.91. The molecule has 0 N–H and O–H groups in total. The van der Waals surface area contributed by atoms with E-state index in [1.165, 1.54) is 11.1 Å². The van der Waals surface area contributed by atoms with Gasteiger partial charge in [0, 0.05) is 12.4 Å². The lowest BCUT2D eigenvalue weighted by atomic mass is 10.1. The van der Waals surface area contributed by atoms with Crippen LogP contribution in [-0.4, -0.2) is 12.4 Å². The van der Waals surface area contributed by atoms with E-state index in [9.17, 15) is 0 Å². The fourth-order valence-electron chi connectivity index (χ4n) is 2.60. The van der Waals surface area contributed by atoms with Crippen LogP contribution in [0.25, 0.3) is 0 Å². The van der Waals surface area contributed by atoms with E-state index in [1.54, 1.807) is 0 Å². The molecule has 0 saturated carbocycles. The van der Waals surface area contributed by atoms with Crippen molar-refractivity contribution in [1.82, 2.24) is 0 Å². The Bertz CT molecular complexity index is 795. The molecule has 0 atom stereocenters. The van der Waals surface area contributed by atoms with E-state index in [4.69, 9.17) is 0 Å². The van der Waals surface area contributed by atoms with Crippen molar-refractivity contribution in [3.8, 4) is 0 Å². The minimum atomic E-state index is 0.927. The Morgan fingerprint density at radius 2 is 0.885 bits per heavy atom. The molecule has 3 aromatic rings. The molecule has 0 saturated heterocycles. The fourth-order valence-corrected chi connectivity index (χ4v) is 2.60. The average molecular weight is 340 g/mol. The summed E-state index contributed by atoms with van der Waals surface area (Å²) in [5, 5.41) is 0. The Hall–Kier alpha value is -3.00. The van der Waals surface area contributed by atoms with Crippen LogP contribution in [0.15, 0.2) is 82.8 Å². The zero-order valence-corrected chi connectivity index (χ0v) is 15.4. The third-order valence-corrected chi connectivity index (χ3v) is 4.35. The topological polar surface area (TPSA) is 24.7 Å². The van der Waals surface area contributed by atoms with E-state index in [1.807, 2.05) is 36.7 Å². The molecule has 0 fully saturated rings. The zero-order chi connectivity index (χ0) is 18.2. The van der Waals surface area contributed by atoms with Gasteiger partial charge in [0.25, 0.3) is 0 Å². The van der Waals surface area contributed by atoms with E-state index < -0.39 is 0 Å². The summed E-state index contributed by atoms with van der Waals surface area (Å²) in [4.78, 5) is 9.07. The van der Waals surface area contributed by atoms with Gasteiger partial charge >= 0.3 is 0 Å². The van der Waals surface area contributed by atoms with Crippen LogP contribution in [0.2, 0.25) is 0 Å². The molecule has 2 heteroatoms. The second-order valence-electron chi connectivity index (χ2n) is 6.22. The van der Waals surface area contributed by atoms with E-state index in [-0.39, 0.29) is 0 Å². The Morgan fingerprint density at radius 3 is 1.19 bits per heavy atom. The highest BCUT2D eigenvalue weighted by Crippen LogP contribution is 2.19. The molecule has 0 heterocycles. The van der Waals surface area contributed by atoms with Gasteiger partial charge in [-0.2, -0.15) is 0 Å². The maximum Gasteiger partial charge on any atom is 0.0631 e. The first-order valence-corrected chi connectivity index (χ1v) is 9.13. The van der Waals surface area contributed by atoms with E-state index in [0.717, 1.165) is 35.3 Å². The van der Waals surface area contributed by atoms with Crippen LogP contribution in [-0.2, 0) is 12.8 Å². The summed E-state index contributed by atoms with van der Waals surface area (Å²) in [6, 6.07) is 24.9. The van der Waals surface area contributed by atoms with E-state index >= 15 is 0 Å².